The Morgan fingerprint density at radius 3 is 2.05 bits per heavy atom. The van der Waals surface area contributed by atoms with E-state index < -0.39 is 0 Å². The Hall–Kier alpha value is -1.10. The van der Waals surface area contributed by atoms with Crippen LogP contribution < -0.4 is 5.32 Å². The second-order valence-corrected chi connectivity index (χ2v) is 5.88. The predicted octanol–water partition coefficient (Wildman–Crippen LogP) is 1.48. The molecule has 0 aromatic rings. The maximum atomic E-state index is 12.2. The van der Waals surface area contributed by atoms with Gasteiger partial charge in [-0.25, -0.2) is 0 Å². The SMILES string of the molecule is CCN(CC)C(=O)CN(C)C(C)C(=O)NC(C)(C)CC. The first-order chi connectivity index (χ1) is 9.18. The van der Waals surface area contributed by atoms with E-state index in [-0.39, 0.29) is 29.9 Å². The maximum absolute atomic E-state index is 12.2. The topological polar surface area (TPSA) is 52.7 Å². The Bertz CT molecular complexity index is 325. The van der Waals surface area contributed by atoms with Crippen LogP contribution in [0, 0.1) is 0 Å². The fourth-order valence-corrected chi connectivity index (χ4v) is 1.75. The number of hydrogen-bond acceptors (Lipinski definition) is 3. The highest BCUT2D eigenvalue weighted by atomic mass is 16.2. The molecule has 0 fully saturated rings. The third-order valence-corrected chi connectivity index (χ3v) is 3.89. The van der Waals surface area contributed by atoms with E-state index in [2.05, 4.69) is 5.32 Å². The van der Waals surface area contributed by atoms with Gasteiger partial charge in [-0.05, 0) is 48.1 Å². The Labute approximate surface area is 123 Å². The van der Waals surface area contributed by atoms with Crippen molar-refractivity contribution < 1.29 is 9.59 Å². The minimum Gasteiger partial charge on any atom is -0.350 e. The number of nitrogens with zero attached hydrogens (tertiary/aromatic N) is 2. The molecule has 0 aromatic carbocycles. The summed E-state index contributed by atoms with van der Waals surface area (Å²) in [6, 6.07) is -0.319. The molecule has 1 atom stereocenters. The van der Waals surface area contributed by atoms with Gasteiger partial charge in [-0.3, -0.25) is 14.5 Å². The second kappa shape index (κ2) is 8.25. The number of rotatable bonds is 8. The number of amides is 2. The van der Waals surface area contributed by atoms with Gasteiger partial charge in [0.15, 0.2) is 0 Å². The molecule has 0 rings (SSSR count). The fraction of sp³-hybridized carbons (Fsp3) is 0.867. The molecule has 0 aliphatic carbocycles. The summed E-state index contributed by atoms with van der Waals surface area (Å²) in [5.74, 6) is 0.0265. The van der Waals surface area contributed by atoms with Crippen molar-refractivity contribution in [1.82, 2.24) is 15.1 Å². The van der Waals surface area contributed by atoms with Crippen molar-refractivity contribution in [1.29, 1.82) is 0 Å². The molecule has 0 spiro atoms. The van der Waals surface area contributed by atoms with Crippen LogP contribution in [0.25, 0.3) is 0 Å². The predicted molar refractivity (Wildman–Crippen MR) is 82.5 cm³/mol. The Balaban J connectivity index is 4.51. The van der Waals surface area contributed by atoms with Gasteiger partial charge in [0.25, 0.3) is 0 Å². The molecule has 0 aliphatic rings. The highest BCUT2D eigenvalue weighted by molar-refractivity contribution is 5.83. The van der Waals surface area contributed by atoms with E-state index in [1.54, 1.807) is 9.80 Å². The first-order valence-corrected chi connectivity index (χ1v) is 7.48. The van der Waals surface area contributed by atoms with Crippen LogP contribution in [0.3, 0.4) is 0 Å². The van der Waals surface area contributed by atoms with E-state index in [4.69, 9.17) is 0 Å². The standard InChI is InChI=1S/C15H31N3O2/c1-8-15(5,6)16-14(20)12(4)17(7)11-13(19)18(9-2)10-3/h12H,8-11H2,1-7H3,(H,16,20). The highest BCUT2D eigenvalue weighted by Gasteiger charge is 2.25. The van der Waals surface area contributed by atoms with Gasteiger partial charge in [-0.2, -0.15) is 0 Å². The van der Waals surface area contributed by atoms with Gasteiger partial charge < -0.3 is 10.2 Å². The van der Waals surface area contributed by atoms with Crippen molar-refractivity contribution >= 4 is 11.8 Å². The van der Waals surface area contributed by atoms with Crippen LogP contribution in [0.15, 0.2) is 0 Å². The van der Waals surface area contributed by atoms with Crippen LogP contribution >= 0.6 is 0 Å². The Morgan fingerprint density at radius 2 is 1.65 bits per heavy atom. The van der Waals surface area contributed by atoms with Crippen molar-refractivity contribution in [2.45, 2.75) is 59.5 Å². The summed E-state index contributed by atoms with van der Waals surface area (Å²) in [6.45, 7) is 13.5. The number of carbonyl (C=O) groups is 2. The van der Waals surface area contributed by atoms with E-state index >= 15 is 0 Å². The Morgan fingerprint density at radius 1 is 1.15 bits per heavy atom. The van der Waals surface area contributed by atoms with Crippen molar-refractivity contribution in [3.63, 3.8) is 0 Å². The molecular formula is C15H31N3O2. The number of likely N-dealkylation sites (N-methyl/N-ethyl adjacent to an activating group) is 2. The normalized spacial score (nSPS) is 13.2. The third-order valence-electron chi connectivity index (χ3n) is 3.89. The molecule has 0 aliphatic heterocycles. The average Bonchev–Trinajstić information content (AvgIpc) is 2.38. The summed E-state index contributed by atoms with van der Waals surface area (Å²) < 4.78 is 0. The molecule has 2 amide bonds. The molecule has 0 heterocycles. The van der Waals surface area contributed by atoms with Crippen LogP contribution in [0.2, 0.25) is 0 Å². The minimum atomic E-state index is -0.319. The zero-order valence-electron chi connectivity index (χ0n) is 14.1. The first kappa shape index (κ1) is 18.9. The molecule has 5 heteroatoms. The smallest absolute Gasteiger partial charge is 0.237 e. The van der Waals surface area contributed by atoms with Crippen LogP contribution in [-0.2, 0) is 9.59 Å². The molecule has 0 aromatic heterocycles. The van der Waals surface area contributed by atoms with Crippen molar-refractivity contribution in [2.75, 3.05) is 26.7 Å². The number of nitrogens with one attached hydrogen (secondary N) is 1. The lowest BCUT2D eigenvalue weighted by molar-refractivity contribution is -0.134. The Kier molecular flexibility index (Phi) is 7.79. The molecule has 0 bridgehead atoms. The zero-order chi connectivity index (χ0) is 15.9. The summed E-state index contributed by atoms with van der Waals surface area (Å²) in [6.07, 6.45) is 0.869. The van der Waals surface area contributed by atoms with Crippen LogP contribution in [-0.4, -0.2) is 59.9 Å². The molecular weight excluding hydrogens is 254 g/mol. The van der Waals surface area contributed by atoms with E-state index in [0.29, 0.717) is 13.1 Å². The maximum Gasteiger partial charge on any atom is 0.237 e. The van der Waals surface area contributed by atoms with Gasteiger partial charge in [-0.1, -0.05) is 6.92 Å². The minimum absolute atomic E-state index is 0.0355. The monoisotopic (exact) mass is 285 g/mol. The molecule has 1 N–H and O–H groups in total. The second-order valence-electron chi connectivity index (χ2n) is 5.88. The highest BCUT2D eigenvalue weighted by Crippen LogP contribution is 2.08. The molecule has 5 nitrogen and oxygen atoms in total. The van der Waals surface area contributed by atoms with Crippen molar-refractivity contribution in [3.8, 4) is 0 Å². The van der Waals surface area contributed by atoms with Crippen LogP contribution in [0.4, 0.5) is 0 Å². The molecule has 118 valence electrons. The molecule has 1 unspecified atom stereocenters. The third kappa shape index (κ3) is 5.90. The summed E-state index contributed by atoms with van der Waals surface area (Å²) >= 11 is 0. The average molecular weight is 285 g/mol. The van der Waals surface area contributed by atoms with E-state index in [0.717, 1.165) is 6.42 Å². The first-order valence-electron chi connectivity index (χ1n) is 7.48. The number of hydrogen-bond donors (Lipinski definition) is 1. The van der Waals surface area contributed by atoms with Gasteiger partial charge >= 0.3 is 0 Å². The van der Waals surface area contributed by atoms with E-state index in [9.17, 15) is 9.59 Å². The largest absolute Gasteiger partial charge is 0.350 e. The lowest BCUT2D eigenvalue weighted by atomic mass is 10.0. The van der Waals surface area contributed by atoms with E-state index in [1.807, 2.05) is 48.6 Å². The summed E-state index contributed by atoms with van der Waals surface area (Å²) in [5, 5.41) is 3.01. The summed E-state index contributed by atoms with van der Waals surface area (Å²) in [7, 11) is 1.81. The van der Waals surface area contributed by atoms with Crippen LogP contribution in [0.5, 0.6) is 0 Å². The quantitative estimate of drug-likeness (QED) is 0.735. The van der Waals surface area contributed by atoms with Crippen molar-refractivity contribution in [3.05, 3.63) is 0 Å². The van der Waals surface area contributed by atoms with Gasteiger partial charge in [0, 0.05) is 18.6 Å². The van der Waals surface area contributed by atoms with Crippen molar-refractivity contribution in [2.24, 2.45) is 0 Å². The van der Waals surface area contributed by atoms with Crippen LogP contribution in [0.1, 0.15) is 48.0 Å². The molecule has 20 heavy (non-hydrogen) atoms. The van der Waals surface area contributed by atoms with Gasteiger partial charge in [0.05, 0.1) is 12.6 Å². The molecule has 0 saturated heterocycles. The van der Waals surface area contributed by atoms with Gasteiger partial charge in [0.2, 0.25) is 11.8 Å². The fourth-order valence-electron chi connectivity index (χ4n) is 1.75. The lowest BCUT2D eigenvalue weighted by Crippen LogP contribution is -2.52. The lowest BCUT2D eigenvalue weighted by Gasteiger charge is -2.31. The van der Waals surface area contributed by atoms with E-state index in [1.165, 1.54) is 0 Å². The molecule has 0 saturated carbocycles. The van der Waals surface area contributed by atoms with Gasteiger partial charge in [-0.15, -0.1) is 0 Å². The van der Waals surface area contributed by atoms with Gasteiger partial charge in [0.1, 0.15) is 0 Å². The molecule has 0 radical (unpaired) electrons. The zero-order valence-corrected chi connectivity index (χ0v) is 14.1. The number of carbonyl (C=O) groups excluding carboxylic acids is 2. The summed E-state index contributed by atoms with van der Waals surface area (Å²) in [4.78, 5) is 27.8. The summed E-state index contributed by atoms with van der Waals surface area (Å²) in [5.41, 5.74) is -0.213.